The number of aromatic nitrogens is 1. The number of H-pyrrole nitrogens is 1. The van der Waals surface area contributed by atoms with Gasteiger partial charge in [-0.05, 0) is 24.3 Å². The van der Waals surface area contributed by atoms with Gasteiger partial charge in [0.2, 0.25) is 0 Å². The summed E-state index contributed by atoms with van der Waals surface area (Å²) in [6, 6.07) is 15.1. The van der Waals surface area contributed by atoms with Gasteiger partial charge in [0.25, 0.3) is 0 Å². The van der Waals surface area contributed by atoms with Crippen molar-refractivity contribution in [3.8, 4) is 0 Å². The van der Waals surface area contributed by atoms with E-state index >= 15 is 0 Å². The Labute approximate surface area is 99.9 Å². The number of fused-ring (bicyclic) bond motifs is 2. The predicted molar refractivity (Wildman–Crippen MR) is 73.4 cm³/mol. The molecule has 0 spiro atoms. The highest BCUT2D eigenvalue weighted by atomic mass is 16.1. The van der Waals surface area contributed by atoms with Crippen molar-refractivity contribution in [2.45, 2.75) is 13.8 Å². The van der Waals surface area contributed by atoms with Crippen LogP contribution < -0.4 is 5.43 Å². The summed E-state index contributed by atoms with van der Waals surface area (Å²) in [4.78, 5) is 15.3. The monoisotopic (exact) mass is 225 g/mol. The number of benzene rings is 2. The van der Waals surface area contributed by atoms with E-state index in [0.29, 0.717) is 0 Å². The molecule has 0 radical (unpaired) electrons. The summed E-state index contributed by atoms with van der Waals surface area (Å²) >= 11 is 0. The van der Waals surface area contributed by atoms with E-state index < -0.39 is 0 Å². The normalized spacial score (nSPS) is 10.0. The van der Waals surface area contributed by atoms with Gasteiger partial charge in [-0.25, -0.2) is 0 Å². The first-order chi connectivity index (χ1) is 8.36. The van der Waals surface area contributed by atoms with E-state index in [1.807, 2.05) is 62.4 Å². The van der Waals surface area contributed by atoms with Gasteiger partial charge in [0.05, 0.1) is 0 Å². The van der Waals surface area contributed by atoms with E-state index in [0.717, 1.165) is 21.8 Å². The van der Waals surface area contributed by atoms with Crippen LogP contribution in [0.5, 0.6) is 0 Å². The Kier molecular flexibility index (Phi) is 3.24. The molecule has 2 heteroatoms. The maximum absolute atomic E-state index is 12.1. The second-order valence-electron chi connectivity index (χ2n) is 3.55. The van der Waals surface area contributed by atoms with Crippen LogP contribution in [0.25, 0.3) is 21.8 Å². The Morgan fingerprint density at radius 3 is 1.65 bits per heavy atom. The van der Waals surface area contributed by atoms with Crippen LogP contribution in [0.4, 0.5) is 0 Å². The average molecular weight is 225 g/mol. The van der Waals surface area contributed by atoms with Crippen molar-refractivity contribution in [1.29, 1.82) is 0 Å². The summed E-state index contributed by atoms with van der Waals surface area (Å²) in [5, 5.41) is 1.49. The van der Waals surface area contributed by atoms with E-state index in [1.165, 1.54) is 0 Å². The molecule has 0 fully saturated rings. The van der Waals surface area contributed by atoms with Crippen LogP contribution in [-0.4, -0.2) is 4.98 Å². The van der Waals surface area contributed by atoms with Crippen molar-refractivity contribution >= 4 is 21.8 Å². The van der Waals surface area contributed by atoms with Crippen molar-refractivity contribution in [2.75, 3.05) is 0 Å². The Bertz CT molecular complexity index is 641. The lowest BCUT2D eigenvalue weighted by Gasteiger charge is -2.01. The number of rotatable bonds is 0. The SMILES string of the molecule is CC.O=c1c2ccccc2[nH]c2ccccc12. The van der Waals surface area contributed by atoms with E-state index in [9.17, 15) is 4.79 Å². The molecular formula is C15H15NO. The van der Waals surface area contributed by atoms with Crippen LogP contribution >= 0.6 is 0 Å². The minimum atomic E-state index is 0.0972. The molecule has 2 nitrogen and oxygen atoms in total. The maximum atomic E-state index is 12.1. The highest BCUT2D eigenvalue weighted by Gasteiger charge is 2.02. The zero-order chi connectivity index (χ0) is 12.3. The van der Waals surface area contributed by atoms with Gasteiger partial charge in [-0.1, -0.05) is 38.1 Å². The van der Waals surface area contributed by atoms with Gasteiger partial charge in [0.1, 0.15) is 0 Å². The zero-order valence-electron chi connectivity index (χ0n) is 10.0. The van der Waals surface area contributed by atoms with Gasteiger partial charge < -0.3 is 4.98 Å². The van der Waals surface area contributed by atoms with Crippen molar-refractivity contribution in [1.82, 2.24) is 4.98 Å². The fraction of sp³-hybridized carbons (Fsp3) is 0.133. The van der Waals surface area contributed by atoms with E-state index in [-0.39, 0.29) is 5.43 Å². The average Bonchev–Trinajstić information content (AvgIpc) is 2.41. The van der Waals surface area contributed by atoms with Crippen LogP contribution in [0.1, 0.15) is 13.8 Å². The summed E-state index contributed by atoms with van der Waals surface area (Å²) in [7, 11) is 0. The summed E-state index contributed by atoms with van der Waals surface area (Å²) in [5.41, 5.74) is 1.88. The third-order valence-electron chi connectivity index (χ3n) is 2.61. The smallest absolute Gasteiger partial charge is 0.197 e. The predicted octanol–water partition coefficient (Wildman–Crippen LogP) is 3.71. The molecule has 2 aromatic carbocycles. The van der Waals surface area contributed by atoms with Gasteiger partial charge in [-0.3, -0.25) is 4.79 Å². The maximum Gasteiger partial charge on any atom is 0.197 e. The lowest BCUT2D eigenvalue weighted by molar-refractivity contribution is 1.48. The Morgan fingerprint density at radius 2 is 1.18 bits per heavy atom. The van der Waals surface area contributed by atoms with E-state index in [1.54, 1.807) is 0 Å². The summed E-state index contributed by atoms with van der Waals surface area (Å²) in [6.07, 6.45) is 0. The standard InChI is InChI=1S/C13H9NO.C2H6/c15-13-9-5-1-3-7-11(9)14-12-8-4-2-6-10(12)13;1-2/h1-8H,(H,14,15);1-2H3. The van der Waals surface area contributed by atoms with Crippen LogP contribution in [-0.2, 0) is 0 Å². The molecule has 0 aliphatic carbocycles. The second-order valence-corrected chi connectivity index (χ2v) is 3.55. The number of para-hydroxylation sites is 2. The molecule has 17 heavy (non-hydrogen) atoms. The number of nitrogens with one attached hydrogen (secondary N) is 1. The van der Waals surface area contributed by atoms with Crippen LogP contribution in [0.3, 0.4) is 0 Å². The zero-order valence-corrected chi connectivity index (χ0v) is 10.0. The molecule has 0 unspecified atom stereocenters. The van der Waals surface area contributed by atoms with Gasteiger partial charge in [-0.2, -0.15) is 0 Å². The van der Waals surface area contributed by atoms with Gasteiger partial charge in [-0.15, -0.1) is 0 Å². The molecule has 1 N–H and O–H groups in total. The van der Waals surface area contributed by atoms with Crippen molar-refractivity contribution < 1.29 is 0 Å². The first-order valence-electron chi connectivity index (χ1n) is 5.86. The summed E-state index contributed by atoms with van der Waals surface area (Å²) in [6.45, 7) is 4.00. The second kappa shape index (κ2) is 4.83. The number of pyridine rings is 1. The van der Waals surface area contributed by atoms with Crippen LogP contribution in [0.15, 0.2) is 53.3 Å². The molecule has 3 aromatic rings. The Morgan fingerprint density at radius 1 is 0.765 bits per heavy atom. The number of aromatic amines is 1. The highest BCUT2D eigenvalue weighted by Crippen LogP contribution is 2.13. The Balaban J connectivity index is 0.000000514. The minimum Gasteiger partial charge on any atom is -0.354 e. The summed E-state index contributed by atoms with van der Waals surface area (Å²) in [5.74, 6) is 0. The molecule has 0 aliphatic rings. The quantitative estimate of drug-likeness (QED) is 0.581. The van der Waals surface area contributed by atoms with Crippen molar-refractivity contribution in [2.24, 2.45) is 0 Å². The molecule has 0 saturated carbocycles. The third kappa shape index (κ3) is 1.94. The highest BCUT2D eigenvalue weighted by molar-refractivity contribution is 5.92. The fourth-order valence-electron chi connectivity index (χ4n) is 1.87. The topological polar surface area (TPSA) is 32.9 Å². The van der Waals surface area contributed by atoms with Crippen molar-refractivity contribution in [3.05, 3.63) is 58.8 Å². The largest absolute Gasteiger partial charge is 0.354 e. The van der Waals surface area contributed by atoms with Gasteiger partial charge in [0.15, 0.2) is 5.43 Å². The van der Waals surface area contributed by atoms with Gasteiger partial charge >= 0.3 is 0 Å². The van der Waals surface area contributed by atoms with Crippen LogP contribution in [0.2, 0.25) is 0 Å². The number of hydrogen-bond donors (Lipinski definition) is 1. The van der Waals surface area contributed by atoms with Crippen LogP contribution in [0, 0.1) is 0 Å². The molecule has 0 atom stereocenters. The molecule has 1 heterocycles. The molecule has 86 valence electrons. The Hall–Kier alpha value is -2.09. The molecule has 0 aliphatic heterocycles. The number of hydrogen-bond acceptors (Lipinski definition) is 1. The third-order valence-corrected chi connectivity index (χ3v) is 2.61. The van der Waals surface area contributed by atoms with E-state index in [2.05, 4.69) is 4.98 Å². The van der Waals surface area contributed by atoms with E-state index in [4.69, 9.17) is 0 Å². The first-order valence-corrected chi connectivity index (χ1v) is 5.86. The minimum absolute atomic E-state index is 0.0972. The van der Waals surface area contributed by atoms with Gasteiger partial charge in [0, 0.05) is 21.8 Å². The molecule has 0 bridgehead atoms. The summed E-state index contributed by atoms with van der Waals surface area (Å²) < 4.78 is 0. The lowest BCUT2D eigenvalue weighted by atomic mass is 10.1. The molecule has 0 saturated heterocycles. The lowest BCUT2D eigenvalue weighted by Crippen LogP contribution is -2.03. The van der Waals surface area contributed by atoms with Crippen molar-refractivity contribution in [3.63, 3.8) is 0 Å². The molecule has 3 rings (SSSR count). The molecular weight excluding hydrogens is 210 g/mol. The molecule has 0 amide bonds. The molecule has 1 aromatic heterocycles. The fourth-order valence-corrected chi connectivity index (χ4v) is 1.87. The first kappa shape index (κ1) is 11.4.